The number of hydrogen-bond acceptors (Lipinski definition) is 5. The number of aromatic amines is 1. The fourth-order valence-corrected chi connectivity index (χ4v) is 4.27. The number of rotatable bonds is 9. The first-order chi connectivity index (χ1) is 16.5. The van der Waals surface area contributed by atoms with Crippen molar-refractivity contribution in [3.63, 3.8) is 0 Å². The molecule has 34 heavy (non-hydrogen) atoms. The minimum atomic E-state index is -0.735. The van der Waals surface area contributed by atoms with Gasteiger partial charge in [-0.15, -0.1) is 0 Å². The van der Waals surface area contributed by atoms with Crippen LogP contribution >= 0.6 is 0 Å². The topological polar surface area (TPSA) is 80.8 Å². The quantitative estimate of drug-likeness (QED) is 0.451. The fourth-order valence-electron chi connectivity index (χ4n) is 4.27. The van der Waals surface area contributed by atoms with Crippen LogP contribution in [0.2, 0.25) is 0 Å². The van der Waals surface area contributed by atoms with Crippen LogP contribution in [0.15, 0.2) is 66.9 Å². The summed E-state index contributed by atoms with van der Waals surface area (Å²) in [5, 5.41) is 13.4. The molecule has 0 radical (unpaired) electrons. The Bertz CT molecular complexity index is 1080. The Morgan fingerprint density at radius 3 is 2.74 bits per heavy atom. The number of piperazine rings is 1. The number of hydrogen-bond donors (Lipinski definition) is 3. The van der Waals surface area contributed by atoms with Gasteiger partial charge in [0.15, 0.2) is 11.6 Å². The molecular formula is C26H31FN4O3. The predicted molar refractivity (Wildman–Crippen MR) is 130 cm³/mol. The molecule has 7 nitrogen and oxygen atoms in total. The first-order valence-corrected chi connectivity index (χ1v) is 11.5. The van der Waals surface area contributed by atoms with E-state index in [1.165, 1.54) is 6.07 Å². The van der Waals surface area contributed by atoms with E-state index in [-0.39, 0.29) is 24.3 Å². The number of ether oxygens (including phenoxy) is 1. The van der Waals surface area contributed by atoms with Crippen LogP contribution in [0.1, 0.15) is 6.92 Å². The number of anilines is 1. The molecule has 1 aromatic heterocycles. The zero-order valence-electron chi connectivity index (χ0n) is 19.3. The average molecular weight is 467 g/mol. The van der Waals surface area contributed by atoms with E-state index in [0.29, 0.717) is 19.6 Å². The van der Waals surface area contributed by atoms with Crippen molar-refractivity contribution in [3.8, 4) is 17.0 Å². The third kappa shape index (κ3) is 6.22. The first kappa shape index (κ1) is 23.9. The normalized spacial score (nSPS) is 17.9. The smallest absolute Gasteiger partial charge is 0.238 e. The monoisotopic (exact) mass is 466 g/mol. The molecule has 2 heterocycles. The first-order valence-electron chi connectivity index (χ1n) is 11.5. The van der Waals surface area contributed by atoms with Crippen LogP contribution in [-0.2, 0) is 4.79 Å². The van der Waals surface area contributed by atoms with Crippen molar-refractivity contribution in [3.05, 3.63) is 72.7 Å². The van der Waals surface area contributed by atoms with E-state index >= 15 is 0 Å². The third-order valence-electron chi connectivity index (χ3n) is 6.02. The highest BCUT2D eigenvalue weighted by molar-refractivity contribution is 5.96. The summed E-state index contributed by atoms with van der Waals surface area (Å²) in [7, 11) is 0. The summed E-state index contributed by atoms with van der Waals surface area (Å²) in [6.45, 7) is 4.99. The van der Waals surface area contributed by atoms with Gasteiger partial charge in [0.2, 0.25) is 5.91 Å². The molecule has 2 unspecified atom stereocenters. The molecule has 1 fully saturated rings. The number of nitrogens with one attached hydrogen (secondary N) is 2. The standard InChI is InChI=1S/C26H31FN4O3/c1-19-15-30(13-14-31(19)16-20(32)18-34-25-11-5-3-8-22(25)27)17-26(33)29-24-9-4-2-7-21(24)23-10-6-12-28-23/h2-12,19-20,28,32H,13-18H2,1H3,(H,29,33). The Morgan fingerprint density at radius 2 is 1.97 bits per heavy atom. The summed E-state index contributed by atoms with van der Waals surface area (Å²) in [5.41, 5.74) is 2.68. The Morgan fingerprint density at radius 1 is 1.18 bits per heavy atom. The lowest BCUT2D eigenvalue weighted by Crippen LogP contribution is -2.55. The highest BCUT2D eigenvalue weighted by atomic mass is 19.1. The molecule has 0 bridgehead atoms. The molecule has 2 atom stereocenters. The summed E-state index contributed by atoms with van der Waals surface area (Å²) >= 11 is 0. The van der Waals surface area contributed by atoms with Crippen molar-refractivity contribution in [2.75, 3.05) is 44.6 Å². The number of carbonyl (C=O) groups is 1. The number of carbonyl (C=O) groups excluding carboxylic acids is 1. The molecule has 4 rings (SSSR count). The number of aliphatic hydroxyl groups excluding tert-OH is 1. The maximum absolute atomic E-state index is 13.7. The zero-order chi connectivity index (χ0) is 23.9. The van der Waals surface area contributed by atoms with E-state index in [9.17, 15) is 14.3 Å². The highest BCUT2D eigenvalue weighted by Crippen LogP contribution is 2.26. The van der Waals surface area contributed by atoms with E-state index in [1.807, 2.05) is 42.6 Å². The van der Waals surface area contributed by atoms with Gasteiger partial charge in [0.1, 0.15) is 12.7 Å². The van der Waals surface area contributed by atoms with E-state index in [4.69, 9.17) is 4.74 Å². The fraction of sp³-hybridized carbons (Fsp3) is 0.346. The molecule has 0 spiro atoms. The summed E-state index contributed by atoms with van der Waals surface area (Å²) in [6, 6.07) is 18.0. The van der Waals surface area contributed by atoms with Crippen LogP contribution in [0.25, 0.3) is 11.3 Å². The SMILES string of the molecule is CC1CN(CC(=O)Nc2ccccc2-c2ccc[nH]2)CCN1CC(O)COc1ccccc1F. The molecule has 1 aliphatic rings. The van der Waals surface area contributed by atoms with Gasteiger partial charge in [0.25, 0.3) is 0 Å². The maximum atomic E-state index is 13.7. The van der Waals surface area contributed by atoms with E-state index < -0.39 is 11.9 Å². The van der Waals surface area contributed by atoms with E-state index in [1.54, 1.807) is 18.2 Å². The van der Waals surface area contributed by atoms with Crippen molar-refractivity contribution in [1.29, 1.82) is 0 Å². The number of aromatic nitrogens is 1. The number of aliphatic hydroxyl groups is 1. The largest absolute Gasteiger partial charge is 0.488 e. The second-order valence-electron chi connectivity index (χ2n) is 8.65. The van der Waals surface area contributed by atoms with E-state index in [2.05, 4.69) is 27.0 Å². The van der Waals surface area contributed by atoms with Crippen molar-refractivity contribution < 1.29 is 19.0 Å². The number of benzene rings is 2. The molecule has 0 aliphatic carbocycles. The Hall–Kier alpha value is -3.20. The molecule has 0 saturated carbocycles. The zero-order valence-corrected chi connectivity index (χ0v) is 19.3. The number of amides is 1. The van der Waals surface area contributed by atoms with Gasteiger partial charge in [0.05, 0.1) is 12.2 Å². The predicted octanol–water partition coefficient (Wildman–Crippen LogP) is 3.21. The van der Waals surface area contributed by atoms with Gasteiger partial charge < -0.3 is 20.1 Å². The Labute approximate surface area is 199 Å². The Kier molecular flexibility index (Phi) is 7.95. The lowest BCUT2D eigenvalue weighted by atomic mass is 10.1. The molecule has 3 N–H and O–H groups in total. The molecular weight excluding hydrogens is 435 g/mol. The second kappa shape index (κ2) is 11.3. The number of β-amino-alcohol motifs (C(OH)–C–C–N with tert-alkyl or cyclic N) is 1. The summed E-state index contributed by atoms with van der Waals surface area (Å²) < 4.78 is 19.1. The minimum absolute atomic E-state index is 0.0243. The molecule has 1 saturated heterocycles. The lowest BCUT2D eigenvalue weighted by molar-refractivity contribution is -0.118. The van der Waals surface area contributed by atoms with Crippen LogP contribution < -0.4 is 10.1 Å². The van der Waals surface area contributed by atoms with Crippen LogP contribution in [0.4, 0.5) is 10.1 Å². The van der Waals surface area contributed by atoms with Gasteiger partial charge in [-0.25, -0.2) is 4.39 Å². The van der Waals surface area contributed by atoms with Crippen LogP contribution in [-0.4, -0.2) is 77.3 Å². The van der Waals surface area contributed by atoms with Gasteiger partial charge in [0, 0.05) is 49.7 Å². The molecule has 8 heteroatoms. The van der Waals surface area contributed by atoms with Gasteiger partial charge in [-0.2, -0.15) is 0 Å². The van der Waals surface area contributed by atoms with Crippen molar-refractivity contribution >= 4 is 11.6 Å². The van der Waals surface area contributed by atoms with Crippen molar-refractivity contribution in [1.82, 2.24) is 14.8 Å². The van der Waals surface area contributed by atoms with Gasteiger partial charge in [-0.05, 0) is 37.3 Å². The van der Waals surface area contributed by atoms with Gasteiger partial charge >= 0.3 is 0 Å². The van der Waals surface area contributed by atoms with Gasteiger partial charge in [-0.1, -0.05) is 30.3 Å². The molecule has 2 aromatic carbocycles. The van der Waals surface area contributed by atoms with Crippen molar-refractivity contribution in [2.45, 2.75) is 19.1 Å². The number of para-hydroxylation sites is 2. The molecule has 1 aliphatic heterocycles. The van der Waals surface area contributed by atoms with Crippen LogP contribution in [0.5, 0.6) is 5.75 Å². The van der Waals surface area contributed by atoms with Crippen LogP contribution in [0.3, 0.4) is 0 Å². The van der Waals surface area contributed by atoms with Crippen LogP contribution in [0, 0.1) is 5.82 Å². The van der Waals surface area contributed by atoms with Crippen molar-refractivity contribution in [2.24, 2.45) is 0 Å². The number of H-pyrrole nitrogens is 1. The second-order valence-corrected chi connectivity index (χ2v) is 8.65. The maximum Gasteiger partial charge on any atom is 0.238 e. The summed E-state index contributed by atoms with van der Waals surface area (Å²) in [4.78, 5) is 20.2. The average Bonchev–Trinajstić information content (AvgIpc) is 3.35. The minimum Gasteiger partial charge on any atom is -0.488 e. The third-order valence-corrected chi connectivity index (χ3v) is 6.02. The molecule has 1 amide bonds. The highest BCUT2D eigenvalue weighted by Gasteiger charge is 2.26. The Balaban J connectivity index is 1.24. The lowest BCUT2D eigenvalue weighted by Gasteiger charge is -2.40. The molecule has 180 valence electrons. The van der Waals surface area contributed by atoms with Gasteiger partial charge in [-0.3, -0.25) is 14.6 Å². The summed E-state index contributed by atoms with van der Waals surface area (Å²) in [5.74, 6) is -0.355. The number of halogens is 1. The summed E-state index contributed by atoms with van der Waals surface area (Å²) in [6.07, 6.45) is 1.12. The van der Waals surface area contributed by atoms with E-state index in [0.717, 1.165) is 30.0 Å². The number of nitrogens with zero attached hydrogens (tertiary/aromatic N) is 2. The molecule has 3 aromatic rings.